The molecule has 0 spiro atoms. The maximum Gasteiger partial charge on any atom is 0.336 e. The van der Waals surface area contributed by atoms with Crippen LogP contribution in [0.5, 0.6) is 5.88 Å². The Labute approximate surface area is 180 Å². The van der Waals surface area contributed by atoms with Gasteiger partial charge in [-0.3, -0.25) is 0 Å². The van der Waals surface area contributed by atoms with Crippen LogP contribution in [-0.2, 0) is 13.0 Å². The van der Waals surface area contributed by atoms with Gasteiger partial charge in [0.2, 0.25) is 5.88 Å². The van der Waals surface area contributed by atoms with Gasteiger partial charge in [-0.25, -0.2) is 14.8 Å². The Morgan fingerprint density at radius 3 is 2.58 bits per heavy atom. The Bertz CT molecular complexity index is 1220. The van der Waals surface area contributed by atoms with Crippen LogP contribution in [0.3, 0.4) is 0 Å². The second kappa shape index (κ2) is 8.95. The van der Waals surface area contributed by atoms with Gasteiger partial charge in [0.25, 0.3) is 0 Å². The van der Waals surface area contributed by atoms with Crippen molar-refractivity contribution in [2.75, 3.05) is 7.11 Å². The third-order valence-corrected chi connectivity index (χ3v) is 5.29. The van der Waals surface area contributed by atoms with Gasteiger partial charge in [-0.1, -0.05) is 55.8 Å². The highest BCUT2D eigenvalue weighted by Crippen LogP contribution is 2.26. The van der Waals surface area contributed by atoms with Gasteiger partial charge >= 0.3 is 5.97 Å². The van der Waals surface area contributed by atoms with Gasteiger partial charge in [0.05, 0.1) is 19.2 Å². The monoisotopic (exact) mass is 416 g/mol. The molecule has 0 radical (unpaired) electrons. The summed E-state index contributed by atoms with van der Waals surface area (Å²) in [5.74, 6) is 0.497. The van der Waals surface area contributed by atoms with Crippen LogP contribution in [0.4, 0.5) is 0 Å². The molecular weight excluding hydrogens is 392 g/mol. The van der Waals surface area contributed by atoms with E-state index in [0.29, 0.717) is 29.1 Å². The maximum absolute atomic E-state index is 11.5. The lowest BCUT2D eigenvalue weighted by Crippen LogP contribution is -2.06. The Kier molecular flexibility index (Phi) is 5.93. The van der Waals surface area contributed by atoms with Crippen LogP contribution in [0.25, 0.3) is 22.3 Å². The summed E-state index contributed by atoms with van der Waals surface area (Å²) >= 11 is 0. The number of ether oxygens (including phenoxy) is 1. The molecule has 2 heterocycles. The van der Waals surface area contributed by atoms with Crippen molar-refractivity contribution in [3.8, 4) is 17.0 Å². The smallest absolute Gasteiger partial charge is 0.336 e. The van der Waals surface area contributed by atoms with E-state index >= 15 is 0 Å². The number of imidazole rings is 1. The number of aromatic carboxylic acids is 1. The summed E-state index contributed by atoms with van der Waals surface area (Å²) in [5, 5.41) is 9.46. The first-order valence-corrected chi connectivity index (χ1v) is 10.3. The normalized spacial score (nSPS) is 11.0. The number of carbonyl (C=O) groups is 1. The van der Waals surface area contributed by atoms with E-state index in [9.17, 15) is 9.90 Å². The first kappa shape index (κ1) is 20.5. The number of aryl methyl sites for hydroxylation is 1. The van der Waals surface area contributed by atoms with Gasteiger partial charge < -0.3 is 14.4 Å². The van der Waals surface area contributed by atoms with Crippen molar-refractivity contribution in [1.82, 2.24) is 19.5 Å². The number of rotatable bonds is 8. The van der Waals surface area contributed by atoms with Crippen molar-refractivity contribution in [1.29, 1.82) is 0 Å². The fraction of sp³-hybridized carbons (Fsp3) is 0.250. The van der Waals surface area contributed by atoms with Crippen molar-refractivity contribution in [2.45, 2.75) is 32.7 Å². The lowest BCUT2D eigenvalue weighted by molar-refractivity contribution is 0.0697. The van der Waals surface area contributed by atoms with Crippen LogP contribution < -0.4 is 4.74 Å². The van der Waals surface area contributed by atoms with Gasteiger partial charge in [-0.2, -0.15) is 4.98 Å². The molecule has 4 aromatic rings. The third-order valence-electron chi connectivity index (χ3n) is 5.29. The Hall–Kier alpha value is -3.74. The van der Waals surface area contributed by atoms with Gasteiger partial charge in [0.15, 0.2) is 11.2 Å². The predicted octanol–water partition coefficient (Wildman–Crippen LogP) is 4.59. The summed E-state index contributed by atoms with van der Waals surface area (Å²) in [6.45, 7) is 2.76. The summed E-state index contributed by atoms with van der Waals surface area (Å²) in [5.41, 5.74) is 4.36. The van der Waals surface area contributed by atoms with Crippen LogP contribution in [-0.4, -0.2) is 37.7 Å². The summed E-state index contributed by atoms with van der Waals surface area (Å²) < 4.78 is 7.48. The van der Waals surface area contributed by atoms with E-state index in [2.05, 4.69) is 21.5 Å². The number of hydrogen-bond acceptors (Lipinski definition) is 5. The number of methoxy groups -OCH3 is 1. The lowest BCUT2D eigenvalue weighted by Gasteiger charge is -2.11. The second-order valence-corrected chi connectivity index (χ2v) is 7.32. The molecular formula is C24H24N4O3. The average molecular weight is 416 g/mol. The number of unbranched alkanes of at least 4 members (excludes halogenated alkanes) is 1. The minimum atomic E-state index is -0.932. The molecule has 31 heavy (non-hydrogen) atoms. The van der Waals surface area contributed by atoms with E-state index in [1.807, 2.05) is 36.4 Å². The van der Waals surface area contributed by atoms with Crippen LogP contribution in [0, 0.1) is 0 Å². The second-order valence-electron chi connectivity index (χ2n) is 7.32. The Morgan fingerprint density at radius 2 is 1.87 bits per heavy atom. The summed E-state index contributed by atoms with van der Waals surface area (Å²) in [6.07, 6.45) is 4.45. The van der Waals surface area contributed by atoms with Gasteiger partial charge in [-0.05, 0) is 29.2 Å². The number of hydrogen-bond donors (Lipinski definition) is 1. The van der Waals surface area contributed by atoms with Gasteiger partial charge in [-0.15, -0.1) is 0 Å². The number of aromatic nitrogens is 4. The standard InChI is InChI=1S/C24H24N4O3/c1-3-4-9-20-27-21-22(25-15-26-23(21)31-2)28(20)14-16-10-12-17(13-11-16)18-7-5-6-8-19(18)24(29)30/h5-8,10-13,15H,3-4,9,14H2,1-2H3,(H,29,30). The average Bonchev–Trinajstić information content (AvgIpc) is 3.15. The van der Waals surface area contributed by atoms with Crippen LogP contribution in [0.15, 0.2) is 54.9 Å². The van der Waals surface area contributed by atoms with Gasteiger partial charge in [0.1, 0.15) is 12.2 Å². The van der Waals surface area contributed by atoms with Crippen molar-refractivity contribution < 1.29 is 14.6 Å². The summed E-state index contributed by atoms with van der Waals surface area (Å²) in [6, 6.07) is 15.0. The Balaban J connectivity index is 1.69. The van der Waals surface area contributed by atoms with Crippen molar-refractivity contribution in [3.63, 3.8) is 0 Å². The largest absolute Gasteiger partial charge is 0.479 e. The number of benzene rings is 2. The molecule has 0 unspecified atom stereocenters. The quantitative estimate of drug-likeness (QED) is 0.452. The molecule has 0 atom stereocenters. The van der Waals surface area contributed by atoms with Gasteiger partial charge in [0, 0.05) is 6.42 Å². The SMILES string of the molecule is CCCCc1nc2c(OC)ncnc2n1Cc1ccc(-c2ccccc2C(=O)O)cc1. The molecule has 7 nitrogen and oxygen atoms in total. The third kappa shape index (κ3) is 4.12. The summed E-state index contributed by atoms with van der Waals surface area (Å²) in [4.78, 5) is 24.9. The zero-order valence-electron chi connectivity index (χ0n) is 17.6. The van der Waals surface area contributed by atoms with Crippen molar-refractivity contribution in [2.24, 2.45) is 0 Å². The topological polar surface area (TPSA) is 90.1 Å². The van der Waals surface area contributed by atoms with E-state index in [4.69, 9.17) is 9.72 Å². The Morgan fingerprint density at radius 1 is 1.10 bits per heavy atom. The maximum atomic E-state index is 11.5. The van der Waals surface area contributed by atoms with E-state index in [1.165, 1.54) is 6.33 Å². The molecule has 0 saturated carbocycles. The van der Waals surface area contributed by atoms with E-state index in [0.717, 1.165) is 41.9 Å². The highest BCUT2D eigenvalue weighted by Gasteiger charge is 2.17. The molecule has 0 aliphatic rings. The first-order valence-electron chi connectivity index (χ1n) is 10.3. The van der Waals surface area contributed by atoms with Crippen molar-refractivity contribution >= 4 is 17.1 Å². The zero-order valence-corrected chi connectivity index (χ0v) is 17.6. The number of carboxylic acid groups (broad SMARTS) is 1. The van der Waals surface area contributed by atoms with E-state index < -0.39 is 5.97 Å². The molecule has 0 saturated heterocycles. The van der Waals surface area contributed by atoms with E-state index in [1.54, 1.807) is 19.2 Å². The van der Waals surface area contributed by atoms with Crippen LogP contribution in [0.1, 0.15) is 41.5 Å². The minimum absolute atomic E-state index is 0.293. The van der Waals surface area contributed by atoms with Crippen molar-refractivity contribution in [3.05, 3.63) is 71.8 Å². The lowest BCUT2D eigenvalue weighted by atomic mass is 9.99. The molecule has 0 aliphatic heterocycles. The zero-order chi connectivity index (χ0) is 21.8. The molecule has 0 fully saturated rings. The molecule has 0 amide bonds. The van der Waals surface area contributed by atoms with Crippen LogP contribution >= 0.6 is 0 Å². The fourth-order valence-electron chi connectivity index (χ4n) is 3.70. The molecule has 4 rings (SSSR count). The molecule has 2 aromatic heterocycles. The first-order chi connectivity index (χ1) is 15.1. The minimum Gasteiger partial charge on any atom is -0.479 e. The molecule has 158 valence electrons. The highest BCUT2D eigenvalue weighted by atomic mass is 16.5. The highest BCUT2D eigenvalue weighted by molar-refractivity contribution is 5.96. The molecule has 7 heteroatoms. The molecule has 1 N–H and O–H groups in total. The molecule has 0 bridgehead atoms. The van der Waals surface area contributed by atoms with E-state index in [-0.39, 0.29) is 0 Å². The van der Waals surface area contributed by atoms with Crippen LogP contribution in [0.2, 0.25) is 0 Å². The molecule has 0 aliphatic carbocycles. The number of carboxylic acids is 1. The predicted molar refractivity (Wildman–Crippen MR) is 118 cm³/mol. The fourth-order valence-corrected chi connectivity index (χ4v) is 3.70. The molecule has 2 aromatic carbocycles. The number of fused-ring (bicyclic) bond motifs is 1. The summed E-state index contributed by atoms with van der Waals surface area (Å²) in [7, 11) is 1.58. The number of nitrogens with zero attached hydrogens (tertiary/aromatic N) is 4.